The molecule has 306 valence electrons. The number of methoxy groups -OCH3 is 1. The maximum atomic E-state index is 14.7. The number of Topliss-reactive ketones (excluding diaryl/α,β-unsaturated/α-hetero) is 1. The average molecular weight is 766 g/mol. The summed E-state index contributed by atoms with van der Waals surface area (Å²) < 4.78 is 45.9. The van der Waals surface area contributed by atoms with Gasteiger partial charge in [0.15, 0.2) is 6.29 Å². The lowest BCUT2D eigenvalue weighted by atomic mass is 9.74. The molecule has 3 fully saturated rings. The lowest BCUT2D eigenvalue weighted by molar-refractivity contribution is -0.302. The van der Waals surface area contributed by atoms with Gasteiger partial charge in [-0.15, -0.1) is 0 Å². The third-order valence-corrected chi connectivity index (χ3v) is 12.2. The van der Waals surface area contributed by atoms with Crippen molar-refractivity contribution in [3.05, 3.63) is 35.6 Å². The molecule has 2 saturated heterocycles. The number of rotatable bonds is 10. The van der Waals surface area contributed by atoms with Gasteiger partial charge in [-0.05, 0) is 84.4 Å². The van der Waals surface area contributed by atoms with Crippen molar-refractivity contribution < 1.29 is 57.8 Å². The second kappa shape index (κ2) is 18.2. The standard InChI is InChI=1S/C41H64FNO11/c1-11-31-41(8,49)36(47)24(4)33(45)22(2)20-40(7,50-10)37(54-39-34(46)30(18-23(3)51-39)43(9)21-27-16-17-27)25(5)35(26(6)38(48)52-31)53-32(44)19-28-14-12-13-15-29(28)42/h12-15,22-27,30-31,34-37,39,46-47,49H,11,16-21H2,1-10H3/t22-,23-,24+,25+,26-,30+,31-,34-,35+,36-,37-,39+,40-,41-/m1/s1. The number of nitrogens with zero attached hydrogens (tertiary/aromatic N) is 1. The van der Waals surface area contributed by atoms with Crippen LogP contribution < -0.4 is 0 Å². The Labute approximate surface area is 320 Å². The van der Waals surface area contributed by atoms with Gasteiger partial charge in [-0.2, -0.15) is 0 Å². The first-order valence-electron chi connectivity index (χ1n) is 19.6. The summed E-state index contributed by atoms with van der Waals surface area (Å²) in [5.41, 5.74) is -3.25. The first-order chi connectivity index (χ1) is 25.2. The van der Waals surface area contributed by atoms with Crippen LogP contribution >= 0.6 is 0 Å². The van der Waals surface area contributed by atoms with Gasteiger partial charge in [0.2, 0.25) is 0 Å². The van der Waals surface area contributed by atoms with Gasteiger partial charge in [0, 0.05) is 37.5 Å². The lowest BCUT2D eigenvalue weighted by Crippen LogP contribution is -2.61. The number of carbonyl (C=O) groups is 3. The van der Waals surface area contributed by atoms with E-state index in [0.717, 1.165) is 19.4 Å². The number of aliphatic hydroxyl groups excluding tert-OH is 2. The number of cyclic esters (lactones) is 1. The van der Waals surface area contributed by atoms with Crippen LogP contribution in [0.3, 0.4) is 0 Å². The maximum Gasteiger partial charge on any atom is 0.312 e. The highest BCUT2D eigenvalue weighted by atomic mass is 19.1. The van der Waals surface area contributed by atoms with Crippen molar-refractivity contribution in [2.75, 3.05) is 20.7 Å². The van der Waals surface area contributed by atoms with Gasteiger partial charge in [-0.1, -0.05) is 45.9 Å². The van der Waals surface area contributed by atoms with Gasteiger partial charge in [0.05, 0.1) is 36.3 Å². The van der Waals surface area contributed by atoms with Gasteiger partial charge in [0.25, 0.3) is 0 Å². The maximum absolute atomic E-state index is 14.7. The van der Waals surface area contributed by atoms with Crippen molar-refractivity contribution in [3.63, 3.8) is 0 Å². The molecule has 0 aromatic heterocycles. The number of likely N-dealkylation sites (N-methyl/N-ethyl adjacent to an activating group) is 1. The highest BCUT2D eigenvalue weighted by molar-refractivity contribution is 5.83. The molecule has 1 aromatic carbocycles. The molecule has 0 spiro atoms. The highest BCUT2D eigenvalue weighted by Crippen LogP contribution is 2.40. The fraction of sp³-hybridized carbons (Fsp3) is 0.780. The van der Waals surface area contributed by atoms with Crippen LogP contribution in [0.1, 0.15) is 93.1 Å². The van der Waals surface area contributed by atoms with Crippen LogP contribution in [0.5, 0.6) is 0 Å². The van der Waals surface area contributed by atoms with Gasteiger partial charge in [0.1, 0.15) is 35.5 Å². The number of benzene rings is 1. The molecule has 54 heavy (non-hydrogen) atoms. The van der Waals surface area contributed by atoms with Crippen LogP contribution in [0, 0.1) is 35.4 Å². The van der Waals surface area contributed by atoms with E-state index < -0.39 is 95.9 Å². The van der Waals surface area contributed by atoms with Crippen LogP contribution in [0.25, 0.3) is 0 Å². The van der Waals surface area contributed by atoms with E-state index in [1.54, 1.807) is 33.8 Å². The minimum atomic E-state index is -2.02. The first kappa shape index (κ1) is 44.2. The highest BCUT2D eigenvalue weighted by Gasteiger charge is 2.53. The Hall–Kier alpha value is -2.52. The van der Waals surface area contributed by atoms with Crippen molar-refractivity contribution in [1.29, 1.82) is 0 Å². The van der Waals surface area contributed by atoms with E-state index in [1.807, 2.05) is 14.0 Å². The number of carbonyl (C=O) groups excluding carboxylic acids is 3. The van der Waals surface area contributed by atoms with E-state index in [2.05, 4.69) is 4.90 Å². The molecular weight excluding hydrogens is 701 g/mol. The topological polar surface area (TPSA) is 161 Å². The molecule has 3 N–H and O–H groups in total. The minimum absolute atomic E-state index is 0.0475. The summed E-state index contributed by atoms with van der Waals surface area (Å²) in [6.45, 7) is 14.0. The smallest absolute Gasteiger partial charge is 0.312 e. The fourth-order valence-electron chi connectivity index (χ4n) is 8.54. The van der Waals surface area contributed by atoms with Gasteiger partial charge in [-0.3, -0.25) is 14.4 Å². The monoisotopic (exact) mass is 765 g/mol. The summed E-state index contributed by atoms with van der Waals surface area (Å²) in [4.78, 5) is 43.8. The number of ketones is 1. The Balaban J connectivity index is 1.81. The number of esters is 2. The van der Waals surface area contributed by atoms with Crippen LogP contribution in [-0.2, 0) is 44.5 Å². The fourth-order valence-corrected chi connectivity index (χ4v) is 8.54. The normalized spacial score (nSPS) is 40.2. The van der Waals surface area contributed by atoms with Crippen LogP contribution in [-0.4, -0.2) is 119 Å². The van der Waals surface area contributed by atoms with E-state index in [1.165, 1.54) is 46.1 Å². The predicted octanol–water partition coefficient (Wildman–Crippen LogP) is 4.23. The zero-order valence-electron chi connectivity index (χ0n) is 33.7. The van der Waals surface area contributed by atoms with Crippen molar-refractivity contribution in [2.45, 2.75) is 154 Å². The van der Waals surface area contributed by atoms with Crippen molar-refractivity contribution in [1.82, 2.24) is 4.90 Å². The Morgan fingerprint density at radius 1 is 1.06 bits per heavy atom. The molecule has 2 heterocycles. The summed E-state index contributed by atoms with van der Waals surface area (Å²) in [7, 11) is 3.44. The quantitative estimate of drug-likeness (QED) is 0.292. The number of halogens is 1. The largest absolute Gasteiger partial charge is 0.461 e. The molecule has 0 bridgehead atoms. The third-order valence-electron chi connectivity index (χ3n) is 12.2. The Morgan fingerprint density at radius 2 is 1.70 bits per heavy atom. The zero-order valence-corrected chi connectivity index (χ0v) is 33.7. The van der Waals surface area contributed by atoms with Gasteiger partial charge < -0.3 is 43.9 Å². The first-order valence-corrected chi connectivity index (χ1v) is 19.6. The van der Waals surface area contributed by atoms with Crippen molar-refractivity contribution in [3.8, 4) is 0 Å². The molecule has 2 aliphatic heterocycles. The Morgan fingerprint density at radius 3 is 2.30 bits per heavy atom. The summed E-state index contributed by atoms with van der Waals surface area (Å²) in [5.74, 6) is -5.88. The molecule has 1 aliphatic carbocycles. The molecule has 12 nitrogen and oxygen atoms in total. The Bertz CT molecular complexity index is 1440. The van der Waals surface area contributed by atoms with Crippen molar-refractivity contribution in [2.24, 2.45) is 29.6 Å². The minimum Gasteiger partial charge on any atom is -0.461 e. The van der Waals surface area contributed by atoms with Gasteiger partial charge in [-0.25, -0.2) is 4.39 Å². The molecule has 3 aliphatic rings. The van der Waals surface area contributed by atoms with Gasteiger partial charge >= 0.3 is 11.9 Å². The molecule has 1 saturated carbocycles. The average Bonchev–Trinajstić information content (AvgIpc) is 3.95. The summed E-state index contributed by atoms with van der Waals surface area (Å²) in [6, 6.07) is 5.53. The number of aliphatic hydroxyl groups is 3. The summed E-state index contributed by atoms with van der Waals surface area (Å²) in [6.07, 6.45) is -5.14. The SMILES string of the molecule is CC[C@H]1OC(=O)[C@H](C)[C@@H](OC(=O)Cc2ccccc2F)[C@H](C)[C@@H](O[C@@H]2O[C@H](C)C[C@H](N(C)CC3CC3)[C@H]2O)[C@](C)(OC)C[C@@H](C)C(=O)[C@H](C)[C@@H](O)[C@]1(C)O. The summed E-state index contributed by atoms with van der Waals surface area (Å²) in [5, 5.41) is 34.8. The zero-order chi connectivity index (χ0) is 40.3. The second-order valence-corrected chi connectivity index (χ2v) is 16.7. The number of hydrogen-bond donors (Lipinski definition) is 3. The van der Waals surface area contributed by atoms with E-state index in [0.29, 0.717) is 12.3 Å². The molecule has 1 aromatic rings. The molecule has 13 heteroatoms. The van der Waals surface area contributed by atoms with Crippen molar-refractivity contribution >= 4 is 17.7 Å². The molecule has 0 unspecified atom stereocenters. The molecular formula is C41H64FNO11. The Kier molecular flexibility index (Phi) is 14.9. The van der Waals surface area contributed by atoms with Crippen LogP contribution in [0.15, 0.2) is 24.3 Å². The molecule has 0 amide bonds. The van der Waals surface area contributed by atoms with Crippen LogP contribution in [0.2, 0.25) is 0 Å². The third kappa shape index (κ3) is 10.1. The summed E-state index contributed by atoms with van der Waals surface area (Å²) >= 11 is 0. The lowest BCUT2D eigenvalue weighted by Gasteiger charge is -2.48. The van der Waals surface area contributed by atoms with Crippen LogP contribution in [0.4, 0.5) is 4.39 Å². The predicted molar refractivity (Wildman–Crippen MR) is 197 cm³/mol. The number of hydrogen-bond acceptors (Lipinski definition) is 12. The molecule has 0 radical (unpaired) electrons. The second-order valence-electron chi connectivity index (χ2n) is 16.7. The van der Waals surface area contributed by atoms with E-state index in [9.17, 15) is 34.1 Å². The number of ether oxygens (including phenoxy) is 5. The van der Waals surface area contributed by atoms with E-state index in [-0.39, 0.29) is 36.3 Å². The molecule has 4 rings (SSSR count). The van der Waals surface area contributed by atoms with E-state index >= 15 is 0 Å². The molecule has 14 atom stereocenters. The van der Waals surface area contributed by atoms with E-state index in [4.69, 9.17) is 23.7 Å².